The highest BCUT2D eigenvalue weighted by Crippen LogP contribution is 2.19. The van der Waals surface area contributed by atoms with Crippen molar-refractivity contribution in [2.75, 3.05) is 13.2 Å². The number of benzene rings is 1. The molecule has 1 aromatic carbocycles. The third kappa shape index (κ3) is 3.78. The zero-order valence-corrected chi connectivity index (χ0v) is 11.9. The molecule has 3 nitrogen and oxygen atoms in total. The fourth-order valence-corrected chi connectivity index (χ4v) is 2.22. The highest BCUT2D eigenvalue weighted by Gasteiger charge is 2.25. The number of halogens is 1. The molecule has 1 rings (SSSR count). The van der Waals surface area contributed by atoms with E-state index in [-0.39, 0.29) is 13.2 Å². The van der Waals surface area contributed by atoms with Gasteiger partial charge in [0.2, 0.25) is 0 Å². The number of rotatable bonds is 6. The van der Waals surface area contributed by atoms with Gasteiger partial charge in [-0.05, 0) is 30.5 Å². The van der Waals surface area contributed by atoms with Gasteiger partial charge in [-0.3, -0.25) is 0 Å². The average molecular weight is 302 g/mol. The van der Waals surface area contributed by atoms with Gasteiger partial charge in [-0.2, -0.15) is 0 Å². The predicted molar refractivity (Wildman–Crippen MR) is 72.9 cm³/mol. The van der Waals surface area contributed by atoms with Gasteiger partial charge in [-0.1, -0.05) is 35.0 Å². The van der Waals surface area contributed by atoms with E-state index in [4.69, 9.17) is 0 Å². The van der Waals surface area contributed by atoms with Gasteiger partial charge in [0, 0.05) is 11.0 Å². The molecule has 0 heterocycles. The van der Waals surface area contributed by atoms with Crippen molar-refractivity contribution in [3.63, 3.8) is 0 Å². The number of aliphatic hydroxyl groups excluding tert-OH is 2. The Morgan fingerprint density at radius 1 is 1.29 bits per heavy atom. The van der Waals surface area contributed by atoms with E-state index in [1.807, 2.05) is 26.0 Å². The minimum absolute atomic E-state index is 0.0660. The van der Waals surface area contributed by atoms with Gasteiger partial charge in [0.25, 0.3) is 0 Å². The van der Waals surface area contributed by atoms with Crippen LogP contribution in [0.25, 0.3) is 0 Å². The maximum absolute atomic E-state index is 9.33. The van der Waals surface area contributed by atoms with Crippen LogP contribution >= 0.6 is 15.9 Å². The topological polar surface area (TPSA) is 52.5 Å². The first kappa shape index (κ1) is 14.6. The quantitative estimate of drug-likeness (QED) is 0.753. The van der Waals surface area contributed by atoms with E-state index >= 15 is 0 Å². The summed E-state index contributed by atoms with van der Waals surface area (Å²) in [5.74, 6) is 0. The van der Waals surface area contributed by atoms with Gasteiger partial charge in [0.15, 0.2) is 0 Å². The Bertz CT molecular complexity index is 356. The van der Waals surface area contributed by atoms with Crippen molar-refractivity contribution in [2.24, 2.45) is 0 Å². The fourth-order valence-electron chi connectivity index (χ4n) is 1.59. The SMILES string of the molecule is CCC(CO)(CO)NCc1ccc(C)cc1Br. The van der Waals surface area contributed by atoms with Gasteiger partial charge in [-0.25, -0.2) is 0 Å². The Hall–Kier alpha value is -0.420. The van der Waals surface area contributed by atoms with Crippen molar-refractivity contribution in [1.82, 2.24) is 5.32 Å². The first-order valence-electron chi connectivity index (χ1n) is 5.78. The zero-order valence-electron chi connectivity index (χ0n) is 10.3. The van der Waals surface area contributed by atoms with Gasteiger partial charge in [0.05, 0.1) is 18.8 Å². The van der Waals surface area contributed by atoms with E-state index in [0.717, 1.165) is 10.0 Å². The average Bonchev–Trinajstić information content (AvgIpc) is 2.33. The van der Waals surface area contributed by atoms with Gasteiger partial charge >= 0.3 is 0 Å². The summed E-state index contributed by atoms with van der Waals surface area (Å²) in [6.45, 7) is 4.48. The molecule has 0 atom stereocenters. The first-order valence-corrected chi connectivity index (χ1v) is 6.58. The lowest BCUT2D eigenvalue weighted by atomic mass is 9.98. The standard InChI is InChI=1S/C13H20BrNO2/c1-3-13(8-16,9-17)15-7-11-5-4-10(2)6-12(11)14/h4-6,15-17H,3,7-9H2,1-2H3. The van der Waals surface area contributed by atoms with E-state index in [9.17, 15) is 10.2 Å². The van der Waals surface area contributed by atoms with E-state index in [0.29, 0.717) is 13.0 Å². The smallest absolute Gasteiger partial charge is 0.0648 e. The summed E-state index contributed by atoms with van der Waals surface area (Å²) in [6, 6.07) is 6.15. The maximum Gasteiger partial charge on any atom is 0.0648 e. The maximum atomic E-state index is 9.33. The lowest BCUT2D eigenvalue weighted by Gasteiger charge is -2.30. The fraction of sp³-hybridized carbons (Fsp3) is 0.538. The molecule has 3 N–H and O–H groups in total. The lowest BCUT2D eigenvalue weighted by molar-refractivity contribution is 0.0863. The molecule has 0 amide bonds. The van der Waals surface area contributed by atoms with Crippen LogP contribution < -0.4 is 5.32 Å². The van der Waals surface area contributed by atoms with Crippen molar-refractivity contribution in [1.29, 1.82) is 0 Å². The Labute approximate surface area is 111 Å². The van der Waals surface area contributed by atoms with Crippen molar-refractivity contribution >= 4 is 15.9 Å². The van der Waals surface area contributed by atoms with Crippen molar-refractivity contribution in [2.45, 2.75) is 32.4 Å². The summed E-state index contributed by atoms with van der Waals surface area (Å²) in [5.41, 5.74) is 1.73. The number of hydrogen-bond donors (Lipinski definition) is 3. The predicted octanol–water partition coefficient (Wildman–Crippen LogP) is 1.98. The Balaban J connectivity index is 2.72. The largest absolute Gasteiger partial charge is 0.394 e. The molecular weight excluding hydrogens is 282 g/mol. The van der Waals surface area contributed by atoms with Crippen molar-refractivity contribution in [3.8, 4) is 0 Å². The number of aryl methyl sites for hydroxylation is 1. The third-order valence-corrected chi connectivity index (χ3v) is 3.88. The van der Waals surface area contributed by atoms with Crippen LogP contribution in [0.4, 0.5) is 0 Å². The second kappa shape index (κ2) is 6.50. The molecule has 0 saturated heterocycles. The molecule has 0 radical (unpaired) electrons. The molecule has 0 fully saturated rings. The number of aliphatic hydroxyl groups is 2. The second-order valence-corrected chi connectivity index (χ2v) is 5.25. The summed E-state index contributed by atoms with van der Waals surface area (Å²) < 4.78 is 1.05. The summed E-state index contributed by atoms with van der Waals surface area (Å²) in [5, 5.41) is 21.9. The molecule has 1 aromatic rings. The monoisotopic (exact) mass is 301 g/mol. The molecule has 96 valence electrons. The molecule has 0 unspecified atom stereocenters. The van der Waals surface area contributed by atoms with E-state index in [1.165, 1.54) is 5.56 Å². The second-order valence-electron chi connectivity index (χ2n) is 4.40. The summed E-state index contributed by atoms with van der Waals surface area (Å²) in [6.07, 6.45) is 0.684. The Morgan fingerprint density at radius 2 is 1.94 bits per heavy atom. The highest BCUT2D eigenvalue weighted by atomic mass is 79.9. The van der Waals surface area contributed by atoms with E-state index in [1.54, 1.807) is 0 Å². The first-order chi connectivity index (χ1) is 8.06. The molecule has 0 spiro atoms. The summed E-state index contributed by atoms with van der Waals surface area (Å²) in [4.78, 5) is 0. The highest BCUT2D eigenvalue weighted by molar-refractivity contribution is 9.10. The molecule has 0 aliphatic heterocycles. The molecule has 17 heavy (non-hydrogen) atoms. The third-order valence-electron chi connectivity index (χ3n) is 3.14. The van der Waals surface area contributed by atoms with Crippen molar-refractivity contribution in [3.05, 3.63) is 33.8 Å². The summed E-state index contributed by atoms with van der Waals surface area (Å²) >= 11 is 3.52. The molecular formula is C13H20BrNO2. The molecule has 0 aromatic heterocycles. The summed E-state index contributed by atoms with van der Waals surface area (Å²) in [7, 11) is 0. The Morgan fingerprint density at radius 3 is 2.41 bits per heavy atom. The Kier molecular flexibility index (Phi) is 5.59. The van der Waals surface area contributed by atoms with Crippen LogP contribution in [-0.4, -0.2) is 29.0 Å². The molecule has 0 aliphatic carbocycles. The molecule has 0 aliphatic rings. The molecule has 4 heteroatoms. The number of nitrogens with one attached hydrogen (secondary N) is 1. The normalized spacial score (nSPS) is 11.8. The van der Waals surface area contributed by atoms with E-state index < -0.39 is 5.54 Å². The van der Waals surface area contributed by atoms with Crippen LogP contribution in [0.1, 0.15) is 24.5 Å². The molecule has 0 saturated carbocycles. The molecule has 0 bridgehead atoms. The van der Waals surface area contributed by atoms with Crippen LogP contribution in [0.3, 0.4) is 0 Å². The van der Waals surface area contributed by atoms with Crippen LogP contribution in [0, 0.1) is 6.92 Å². The van der Waals surface area contributed by atoms with Crippen LogP contribution in [0.2, 0.25) is 0 Å². The van der Waals surface area contributed by atoms with Crippen LogP contribution in [-0.2, 0) is 6.54 Å². The van der Waals surface area contributed by atoms with Crippen LogP contribution in [0.15, 0.2) is 22.7 Å². The van der Waals surface area contributed by atoms with Gasteiger partial charge in [0.1, 0.15) is 0 Å². The minimum atomic E-state index is -0.593. The van der Waals surface area contributed by atoms with Crippen LogP contribution in [0.5, 0.6) is 0 Å². The van der Waals surface area contributed by atoms with E-state index in [2.05, 4.69) is 27.3 Å². The minimum Gasteiger partial charge on any atom is -0.394 e. The lowest BCUT2D eigenvalue weighted by Crippen LogP contribution is -2.50. The van der Waals surface area contributed by atoms with Crippen molar-refractivity contribution < 1.29 is 10.2 Å². The zero-order chi connectivity index (χ0) is 12.9. The van der Waals surface area contributed by atoms with Gasteiger partial charge in [-0.15, -0.1) is 0 Å². The van der Waals surface area contributed by atoms with Gasteiger partial charge < -0.3 is 15.5 Å². The number of hydrogen-bond acceptors (Lipinski definition) is 3.